The van der Waals surface area contributed by atoms with Crippen LogP contribution in [0.2, 0.25) is 0 Å². The van der Waals surface area contributed by atoms with E-state index < -0.39 is 23.1 Å². The topological polar surface area (TPSA) is 64.4 Å². The molecule has 0 atom stereocenters. The third kappa shape index (κ3) is 4.54. The van der Waals surface area contributed by atoms with Crippen LogP contribution in [-0.2, 0) is 6.54 Å². The highest BCUT2D eigenvalue weighted by atomic mass is 19.1. The van der Waals surface area contributed by atoms with E-state index in [1.165, 1.54) is 21.7 Å². The Kier molecular flexibility index (Phi) is 6.30. The summed E-state index contributed by atoms with van der Waals surface area (Å²) in [6, 6.07) is 14.0. The summed E-state index contributed by atoms with van der Waals surface area (Å²) < 4.78 is 34.5. The Morgan fingerprint density at radius 2 is 1.69 bits per heavy atom. The maximum Gasteiger partial charge on any atom is 0.266 e. The van der Waals surface area contributed by atoms with Crippen molar-refractivity contribution in [3.8, 4) is 17.0 Å². The molecule has 0 N–H and O–H groups in total. The van der Waals surface area contributed by atoms with Gasteiger partial charge in [0.15, 0.2) is 0 Å². The van der Waals surface area contributed by atoms with E-state index in [0.29, 0.717) is 38.2 Å². The Labute approximate surface area is 184 Å². The molecule has 0 bridgehead atoms. The first-order valence-corrected chi connectivity index (χ1v) is 10.4. The number of methoxy groups -OCH3 is 1. The van der Waals surface area contributed by atoms with Crippen molar-refractivity contribution in [2.75, 3.05) is 20.2 Å². The predicted octanol–water partition coefficient (Wildman–Crippen LogP) is 3.75. The molecule has 0 saturated carbocycles. The van der Waals surface area contributed by atoms with Gasteiger partial charge >= 0.3 is 0 Å². The molecule has 2 heterocycles. The van der Waals surface area contributed by atoms with E-state index in [9.17, 15) is 18.4 Å². The smallest absolute Gasteiger partial charge is 0.266 e. The lowest BCUT2D eigenvalue weighted by molar-refractivity contribution is 0.0670. The molecular weight excluding hydrogens is 416 g/mol. The Bertz CT molecular complexity index is 1150. The van der Waals surface area contributed by atoms with Gasteiger partial charge in [-0.2, -0.15) is 5.10 Å². The molecule has 6 nitrogen and oxygen atoms in total. The van der Waals surface area contributed by atoms with Gasteiger partial charge in [0.1, 0.15) is 22.9 Å². The lowest BCUT2D eigenvalue weighted by Gasteiger charge is -2.32. The molecule has 0 aliphatic carbocycles. The third-order valence-corrected chi connectivity index (χ3v) is 5.76. The summed E-state index contributed by atoms with van der Waals surface area (Å²) in [6.07, 6.45) is 1.23. The molecule has 1 amide bonds. The Balaban J connectivity index is 1.43. The summed E-state index contributed by atoms with van der Waals surface area (Å²) in [5.74, 6) is -1.50. The minimum atomic E-state index is -0.858. The van der Waals surface area contributed by atoms with Crippen molar-refractivity contribution >= 4 is 5.91 Å². The van der Waals surface area contributed by atoms with Gasteiger partial charge in [-0.15, -0.1) is 0 Å². The largest absolute Gasteiger partial charge is 0.497 e. The first kappa shape index (κ1) is 21.7. The van der Waals surface area contributed by atoms with Crippen molar-refractivity contribution < 1.29 is 18.3 Å². The zero-order valence-corrected chi connectivity index (χ0v) is 17.6. The van der Waals surface area contributed by atoms with Crippen LogP contribution in [-0.4, -0.2) is 40.8 Å². The van der Waals surface area contributed by atoms with Gasteiger partial charge < -0.3 is 9.64 Å². The molecule has 8 heteroatoms. The van der Waals surface area contributed by atoms with Gasteiger partial charge in [0.05, 0.1) is 12.8 Å². The lowest BCUT2D eigenvalue weighted by atomic mass is 9.96. The zero-order valence-electron chi connectivity index (χ0n) is 17.6. The lowest BCUT2D eigenvalue weighted by Crippen LogP contribution is -2.41. The van der Waals surface area contributed by atoms with E-state index in [1.54, 1.807) is 13.2 Å². The first-order valence-electron chi connectivity index (χ1n) is 10.4. The van der Waals surface area contributed by atoms with E-state index in [2.05, 4.69) is 5.10 Å². The highest BCUT2D eigenvalue weighted by molar-refractivity contribution is 5.94. The molecule has 1 aliphatic heterocycles. The SMILES string of the molecule is COc1ccc(-c2ccc(=O)n(CC3CCN(C(=O)c4c(F)cccc4F)CC3)n2)cc1. The maximum atomic E-state index is 13.9. The third-order valence-electron chi connectivity index (χ3n) is 5.76. The second-order valence-corrected chi connectivity index (χ2v) is 7.80. The quantitative estimate of drug-likeness (QED) is 0.608. The summed E-state index contributed by atoms with van der Waals surface area (Å²) in [7, 11) is 1.60. The number of hydrogen-bond acceptors (Lipinski definition) is 4. The average molecular weight is 439 g/mol. The van der Waals surface area contributed by atoms with Crippen LogP contribution < -0.4 is 10.3 Å². The van der Waals surface area contributed by atoms with Gasteiger partial charge in [-0.3, -0.25) is 9.59 Å². The van der Waals surface area contributed by atoms with Crippen molar-refractivity contribution in [2.45, 2.75) is 19.4 Å². The van der Waals surface area contributed by atoms with Crippen LogP contribution in [0.25, 0.3) is 11.3 Å². The van der Waals surface area contributed by atoms with Crippen LogP contribution in [0, 0.1) is 17.6 Å². The van der Waals surface area contributed by atoms with E-state index in [-0.39, 0.29) is 11.5 Å². The molecular formula is C24H23F2N3O3. The number of halogens is 2. The number of amides is 1. The van der Waals surface area contributed by atoms with Crippen molar-refractivity contribution in [3.63, 3.8) is 0 Å². The van der Waals surface area contributed by atoms with Crippen LogP contribution in [0.4, 0.5) is 8.78 Å². The van der Waals surface area contributed by atoms with Crippen molar-refractivity contribution in [1.82, 2.24) is 14.7 Å². The number of carbonyl (C=O) groups is 1. The highest BCUT2D eigenvalue weighted by Gasteiger charge is 2.27. The van der Waals surface area contributed by atoms with Crippen molar-refractivity contribution in [2.24, 2.45) is 5.92 Å². The van der Waals surface area contributed by atoms with E-state index in [4.69, 9.17) is 4.74 Å². The van der Waals surface area contributed by atoms with Crippen LogP contribution in [0.15, 0.2) is 59.4 Å². The Hall–Kier alpha value is -3.55. The van der Waals surface area contributed by atoms with Gasteiger partial charge in [0.2, 0.25) is 0 Å². The highest BCUT2D eigenvalue weighted by Crippen LogP contribution is 2.23. The number of carbonyl (C=O) groups excluding carboxylic acids is 1. The predicted molar refractivity (Wildman–Crippen MR) is 115 cm³/mol. The number of hydrogen-bond donors (Lipinski definition) is 0. The number of likely N-dealkylation sites (tertiary alicyclic amines) is 1. The maximum absolute atomic E-state index is 13.9. The summed E-state index contributed by atoms with van der Waals surface area (Å²) >= 11 is 0. The summed E-state index contributed by atoms with van der Waals surface area (Å²) in [4.78, 5) is 26.4. The average Bonchev–Trinajstić information content (AvgIpc) is 2.81. The van der Waals surface area contributed by atoms with Gasteiger partial charge in [0, 0.05) is 31.3 Å². The Morgan fingerprint density at radius 3 is 2.31 bits per heavy atom. The van der Waals surface area contributed by atoms with Crippen LogP contribution in [0.5, 0.6) is 5.75 Å². The second-order valence-electron chi connectivity index (χ2n) is 7.80. The monoisotopic (exact) mass is 439 g/mol. The van der Waals surface area contributed by atoms with Crippen LogP contribution in [0.1, 0.15) is 23.2 Å². The molecule has 0 spiro atoms. The number of rotatable bonds is 5. The fourth-order valence-electron chi connectivity index (χ4n) is 3.92. The van der Waals surface area contributed by atoms with Crippen LogP contribution in [0.3, 0.4) is 0 Å². The number of piperidine rings is 1. The summed E-state index contributed by atoms with van der Waals surface area (Å²) in [6.45, 7) is 1.15. The van der Waals surface area contributed by atoms with E-state index >= 15 is 0 Å². The Morgan fingerprint density at radius 1 is 1.03 bits per heavy atom. The number of benzene rings is 2. The van der Waals surface area contributed by atoms with E-state index in [1.807, 2.05) is 24.3 Å². The molecule has 166 valence electrons. The molecule has 32 heavy (non-hydrogen) atoms. The summed E-state index contributed by atoms with van der Waals surface area (Å²) in [5, 5.41) is 4.50. The van der Waals surface area contributed by atoms with Crippen LogP contribution >= 0.6 is 0 Å². The fourth-order valence-corrected chi connectivity index (χ4v) is 3.92. The number of aromatic nitrogens is 2. The fraction of sp³-hybridized carbons (Fsp3) is 0.292. The standard InChI is InChI=1S/C24H23F2N3O3/c1-32-18-7-5-17(6-8-18)21-9-10-22(30)29(27-21)15-16-11-13-28(14-12-16)24(31)23-19(25)3-2-4-20(23)26/h2-10,16H,11-15H2,1H3. The summed E-state index contributed by atoms with van der Waals surface area (Å²) in [5.41, 5.74) is 0.826. The molecule has 1 aliphatic rings. The normalized spacial score (nSPS) is 14.4. The zero-order chi connectivity index (χ0) is 22.7. The van der Waals surface area contributed by atoms with Gasteiger partial charge in [-0.1, -0.05) is 6.07 Å². The molecule has 1 saturated heterocycles. The van der Waals surface area contributed by atoms with E-state index in [0.717, 1.165) is 23.4 Å². The van der Waals surface area contributed by atoms with Crippen molar-refractivity contribution in [1.29, 1.82) is 0 Å². The first-order chi connectivity index (χ1) is 15.5. The number of ether oxygens (including phenoxy) is 1. The minimum absolute atomic E-state index is 0.126. The number of nitrogens with zero attached hydrogens (tertiary/aromatic N) is 3. The minimum Gasteiger partial charge on any atom is -0.497 e. The van der Waals surface area contributed by atoms with Gasteiger partial charge in [0.25, 0.3) is 11.5 Å². The molecule has 0 radical (unpaired) electrons. The van der Waals surface area contributed by atoms with Gasteiger partial charge in [-0.05, 0) is 61.2 Å². The molecule has 2 aromatic carbocycles. The molecule has 1 aromatic heterocycles. The molecule has 4 rings (SSSR count). The van der Waals surface area contributed by atoms with Crippen molar-refractivity contribution in [3.05, 3.63) is 82.1 Å². The molecule has 1 fully saturated rings. The van der Waals surface area contributed by atoms with Gasteiger partial charge in [-0.25, -0.2) is 13.5 Å². The molecule has 3 aromatic rings. The second kappa shape index (κ2) is 9.30. The molecule has 0 unspecified atom stereocenters.